The largest absolute Gasteiger partial charge is 0.497 e. The number of carbonyl (C=O) groups is 1. The van der Waals surface area contributed by atoms with Crippen LogP contribution in [0.5, 0.6) is 5.75 Å². The van der Waals surface area contributed by atoms with Crippen molar-refractivity contribution < 1.29 is 22.4 Å². The lowest BCUT2D eigenvalue weighted by atomic mass is 9.99. The maximum Gasteiger partial charge on any atom is 0.274 e. The monoisotopic (exact) mass is 441 g/mol. The van der Waals surface area contributed by atoms with Gasteiger partial charge in [-0.3, -0.25) is 9.48 Å². The maximum absolute atomic E-state index is 13.3. The van der Waals surface area contributed by atoms with Gasteiger partial charge in [0.2, 0.25) is 0 Å². The highest BCUT2D eigenvalue weighted by molar-refractivity contribution is 7.91. The first-order valence-corrected chi connectivity index (χ1v) is 12.0. The van der Waals surface area contributed by atoms with Crippen molar-refractivity contribution in [1.29, 1.82) is 0 Å². The first kappa shape index (κ1) is 19.9. The molecule has 1 aromatic carbocycles. The summed E-state index contributed by atoms with van der Waals surface area (Å²) >= 11 is 0. The molecule has 8 nitrogen and oxygen atoms in total. The van der Waals surface area contributed by atoms with Crippen molar-refractivity contribution in [3.05, 3.63) is 59.5 Å². The van der Waals surface area contributed by atoms with Gasteiger partial charge >= 0.3 is 0 Å². The molecule has 1 atom stereocenters. The average Bonchev–Trinajstić information content (AvgIpc) is 3.51. The van der Waals surface area contributed by atoms with Crippen LogP contribution in [0.2, 0.25) is 0 Å². The van der Waals surface area contributed by atoms with Crippen molar-refractivity contribution in [2.24, 2.45) is 0 Å². The van der Waals surface area contributed by atoms with E-state index in [1.165, 1.54) is 5.56 Å². The Labute approximate surface area is 180 Å². The minimum absolute atomic E-state index is 0.0228. The van der Waals surface area contributed by atoms with Crippen LogP contribution in [0, 0.1) is 0 Å². The SMILES string of the molecule is COc1ccc2c(c1)CCN(C(=O)c1cc(-c3ccco3)n(C3CCS(=O)(=O)C3)n1)C2. The third-order valence-electron chi connectivity index (χ3n) is 6.00. The molecule has 2 aromatic heterocycles. The summed E-state index contributed by atoms with van der Waals surface area (Å²) in [7, 11) is -1.46. The van der Waals surface area contributed by atoms with Gasteiger partial charge in [-0.1, -0.05) is 6.07 Å². The van der Waals surface area contributed by atoms with Crippen LogP contribution in [0.25, 0.3) is 11.5 Å². The van der Waals surface area contributed by atoms with Gasteiger partial charge in [0.25, 0.3) is 5.91 Å². The van der Waals surface area contributed by atoms with Gasteiger partial charge in [0.1, 0.15) is 11.4 Å². The minimum Gasteiger partial charge on any atom is -0.497 e. The number of benzene rings is 1. The zero-order chi connectivity index (χ0) is 21.6. The first-order chi connectivity index (χ1) is 14.9. The number of amides is 1. The third kappa shape index (κ3) is 3.74. The highest BCUT2D eigenvalue weighted by Gasteiger charge is 2.33. The predicted octanol–water partition coefficient (Wildman–Crippen LogP) is 2.71. The van der Waals surface area contributed by atoms with Crippen molar-refractivity contribution in [2.45, 2.75) is 25.4 Å². The second kappa shape index (κ2) is 7.56. The number of aromatic nitrogens is 2. The highest BCUT2D eigenvalue weighted by Crippen LogP contribution is 2.31. The summed E-state index contributed by atoms with van der Waals surface area (Å²) in [4.78, 5) is 15.1. The number of rotatable bonds is 4. The van der Waals surface area contributed by atoms with E-state index >= 15 is 0 Å². The Morgan fingerprint density at radius 2 is 2.10 bits per heavy atom. The molecular weight excluding hydrogens is 418 g/mol. The van der Waals surface area contributed by atoms with Crippen LogP contribution in [0.1, 0.15) is 34.1 Å². The lowest BCUT2D eigenvalue weighted by Gasteiger charge is -2.28. The number of nitrogens with zero attached hydrogens (tertiary/aromatic N) is 3. The molecule has 162 valence electrons. The number of methoxy groups -OCH3 is 1. The molecule has 9 heteroatoms. The predicted molar refractivity (Wildman–Crippen MR) is 114 cm³/mol. The number of hydrogen-bond donors (Lipinski definition) is 0. The normalized spacial score (nSPS) is 19.9. The van der Waals surface area contributed by atoms with Crippen LogP contribution in [0.4, 0.5) is 0 Å². The van der Waals surface area contributed by atoms with Crippen molar-refractivity contribution in [3.8, 4) is 17.2 Å². The molecule has 2 aliphatic rings. The van der Waals surface area contributed by atoms with E-state index in [0.29, 0.717) is 36.7 Å². The Kier molecular flexibility index (Phi) is 4.85. The molecule has 31 heavy (non-hydrogen) atoms. The summed E-state index contributed by atoms with van der Waals surface area (Å²) in [6.45, 7) is 1.08. The summed E-state index contributed by atoms with van der Waals surface area (Å²) in [5.74, 6) is 1.35. The lowest BCUT2D eigenvalue weighted by Crippen LogP contribution is -2.36. The van der Waals surface area contributed by atoms with Crippen LogP contribution in [-0.4, -0.2) is 54.2 Å². The molecule has 1 saturated heterocycles. The topological polar surface area (TPSA) is 94.6 Å². The molecule has 0 bridgehead atoms. The van der Waals surface area contributed by atoms with Crippen LogP contribution >= 0.6 is 0 Å². The summed E-state index contributed by atoms with van der Waals surface area (Å²) < 4.78 is 36.5. The zero-order valence-electron chi connectivity index (χ0n) is 17.2. The van der Waals surface area contributed by atoms with Gasteiger partial charge in [-0.05, 0) is 48.2 Å². The molecule has 1 unspecified atom stereocenters. The van der Waals surface area contributed by atoms with E-state index in [9.17, 15) is 13.2 Å². The standard InChI is InChI=1S/C22H23N3O5S/c1-29-18-5-4-16-13-24(8-6-15(16)11-18)22(26)19-12-20(21-3-2-9-30-21)25(23-19)17-7-10-31(27,28)14-17/h2-5,9,11-12,17H,6-8,10,13-14H2,1H3. The van der Waals surface area contributed by atoms with Gasteiger partial charge in [-0.25, -0.2) is 8.42 Å². The summed E-state index contributed by atoms with van der Waals surface area (Å²) in [5, 5.41) is 4.55. The van der Waals surface area contributed by atoms with E-state index in [0.717, 1.165) is 17.7 Å². The molecule has 3 aromatic rings. The quantitative estimate of drug-likeness (QED) is 0.618. The van der Waals surface area contributed by atoms with Crippen molar-refractivity contribution in [1.82, 2.24) is 14.7 Å². The molecule has 5 rings (SSSR count). The molecule has 4 heterocycles. The van der Waals surface area contributed by atoms with E-state index in [4.69, 9.17) is 9.15 Å². The van der Waals surface area contributed by atoms with Crippen LogP contribution in [0.3, 0.4) is 0 Å². The summed E-state index contributed by atoms with van der Waals surface area (Å²) in [5.41, 5.74) is 3.19. The molecule has 0 spiro atoms. The van der Waals surface area contributed by atoms with Crippen molar-refractivity contribution in [2.75, 3.05) is 25.2 Å². The fraction of sp³-hybridized carbons (Fsp3) is 0.364. The molecule has 0 saturated carbocycles. The number of fused-ring (bicyclic) bond motifs is 1. The highest BCUT2D eigenvalue weighted by atomic mass is 32.2. The van der Waals surface area contributed by atoms with E-state index < -0.39 is 9.84 Å². The van der Waals surface area contributed by atoms with Gasteiger partial charge in [0.15, 0.2) is 21.3 Å². The summed E-state index contributed by atoms with van der Waals surface area (Å²) in [6, 6.07) is 10.9. The average molecular weight is 442 g/mol. The molecule has 2 aliphatic heterocycles. The number of ether oxygens (including phenoxy) is 1. The van der Waals surface area contributed by atoms with Gasteiger partial charge in [-0.2, -0.15) is 5.10 Å². The van der Waals surface area contributed by atoms with Crippen LogP contribution < -0.4 is 4.74 Å². The number of hydrogen-bond acceptors (Lipinski definition) is 6. The molecule has 0 N–H and O–H groups in total. The second-order valence-electron chi connectivity index (χ2n) is 8.00. The third-order valence-corrected chi connectivity index (χ3v) is 7.75. The molecule has 0 radical (unpaired) electrons. The van der Waals surface area contributed by atoms with E-state index in [2.05, 4.69) is 5.10 Å². The van der Waals surface area contributed by atoms with E-state index in [-0.39, 0.29) is 23.5 Å². The van der Waals surface area contributed by atoms with Gasteiger partial charge in [-0.15, -0.1) is 0 Å². The molecule has 1 amide bonds. The Balaban J connectivity index is 1.45. The lowest BCUT2D eigenvalue weighted by molar-refractivity contribution is 0.0727. The second-order valence-corrected chi connectivity index (χ2v) is 10.2. The van der Waals surface area contributed by atoms with E-state index in [1.807, 2.05) is 18.2 Å². The Morgan fingerprint density at radius 3 is 2.81 bits per heavy atom. The zero-order valence-corrected chi connectivity index (χ0v) is 18.0. The fourth-order valence-electron chi connectivity index (χ4n) is 4.35. The molecule has 1 fully saturated rings. The Hall–Kier alpha value is -3.07. The Morgan fingerprint density at radius 1 is 1.23 bits per heavy atom. The van der Waals surface area contributed by atoms with Gasteiger partial charge in [0.05, 0.1) is 30.9 Å². The number of furan rings is 1. The van der Waals surface area contributed by atoms with E-state index in [1.54, 1.807) is 41.2 Å². The Bertz CT molecular complexity index is 1230. The van der Waals surface area contributed by atoms with Crippen LogP contribution in [0.15, 0.2) is 47.1 Å². The van der Waals surface area contributed by atoms with Crippen molar-refractivity contribution >= 4 is 15.7 Å². The fourth-order valence-corrected chi connectivity index (χ4v) is 6.04. The van der Waals surface area contributed by atoms with Crippen LogP contribution in [-0.2, 0) is 22.8 Å². The first-order valence-electron chi connectivity index (χ1n) is 10.2. The smallest absolute Gasteiger partial charge is 0.274 e. The summed E-state index contributed by atoms with van der Waals surface area (Å²) in [6.07, 6.45) is 2.77. The van der Waals surface area contributed by atoms with Gasteiger partial charge < -0.3 is 14.1 Å². The number of carbonyl (C=O) groups excluding carboxylic acids is 1. The molecular formula is C22H23N3O5S. The number of sulfone groups is 1. The van der Waals surface area contributed by atoms with Gasteiger partial charge in [0, 0.05) is 19.2 Å². The van der Waals surface area contributed by atoms with Crippen molar-refractivity contribution in [3.63, 3.8) is 0 Å². The minimum atomic E-state index is -3.10. The molecule has 0 aliphatic carbocycles. The maximum atomic E-state index is 13.3.